The molecule has 0 aliphatic rings. The van der Waals surface area contributed by atoms with Crippen molar-refractivity contribution in [2.75, 3.05) is 0 Å². The van der Waals surface area contributed by atoms with E-state index in [2.05, 4.69) is 25.9 Å². The molecule has 0 spiro atoms. The minimum absolute atomic E-state index is 0.00853. The molecule has 3 N–H and O–H groups in total. The van der Waals surface area contributed by atoms with Gasteiger partial charge < -0.3 is 5.11 Å². The summed E-state index contributed by atoms with van der Waals surface area (Å²) in [5.74, 6) is -2.94. The average molecular weight is 422 g/mol. The Morgan fingerprint density at radius 1 is 1.13 bits per heavy atom. The van der Waals surface area contributed by atoms with E-state index in [1.165, 1.54) is 12.1 Å². The van der Waals surface area contributed by atoms with Crippen molar-refractivity contribution >= 4 is 17.6 Å². The molecule has 2 amide bonds. The third-order valence-corrected chi connectivity index (χ3v) is 4.37. The van der Waals surface area contributed by atoms with Crippen LogP contribution in [0.5, 0.6) is 5.75 Å². The van der Waals surface area contributed by atoms with Crippen LogP contribution < -0.4 is 10.9 Å². The molecule has 3 aromatic rings. The van der Waals surface area contributed by atoms with Crippen molar-refractivity contribution in [3.05, 3.63) is 52.6 Å². The van der Waals surface area contributed by atoms with Crippen molar-refractivity contribution in [3.63, 3.8) is 0 Å². The van der Waals surface area contributed by atoms with E-state index in [4.69, 9.17) is 0 Å². The molecule has 0 radical (unpaired) electrons. The minimum Gasteiger partial charge on any atom is -0.507 e. The van der Waals surface area contributed by atoms with Crippen LogP contribution in [0.25, 0.3) is 5.78 Å². The summed E-state index contributed by atoms with van der Waals surface area (Å²) in [6.45, 7) is 3.16. The molecule has 12 heteroatoms. The Balaban J connectivity index is 1.67. The molecular weight excluding hydrogens is 405 g/mol. The van der Waals surface area contributed by atoms with E-state index in [0.717, 1.165) is 4.52 Å². The highest BCUT2D eigenvalue weighted by atomic mass is 19.4. The molecular formula is C18H17F3N6O3. The number of benzene rings is 1. The first-order valence-corrected chi connectivity index (χ1v) is 8.75. The summed E-state index contributed by atoms with van der Waals surface area (Å²) in [7, 11) is 0. The number of nitrogens with zero attached hydrogens (tertiary/aromatic N) is 4. The number of aromatic nitrogens is 4. The molecule has 0 atom stereocenters. The van der Waals surface area contributed by atoms with Gasteiger partial charge in [-0.3, -0.25) is 20.4 Å². The van der Waals surface area contributed by atoms with Gasteiger partial charge in [-0.05, 0) is 38.0 Å². The van der Waals surface area contributed by atoms with Crippen LogP contribution in [0.2, 0.25) is 0 Å². The molecule has 1 aromatic carbocycles. The van der Waals surface area contributed by atoms with Crippen molar-refractivity contribution in [3.8, 4) is 5.75 Å². The first-order valence-electron chi connectivity index (χ1n) is 8.75. The zero-order valence-electron chi connectivity index (χ0n) is 15.9. The number of phenolic OH excluding ortho intramolecular Hbond substituents is 1. The van der Waals surface area contributed by atoms with Gasteiger partial charge >= 0.3 is 6.18 Å². The van der Waals surface area contributed by atoms with E-state index in [1.807, 2.05) is 0 Å². The number of hydrogen-bond donors (Lipinski definition) is 3. The summed E-state index contributed by atoms with van der Waals surface area (Å²) in [5, 5.41) is 13.1. The lowest BCUT2D eigenvalue weighted by Gasteiger charge is -2.11. The van der Waals surface area contributed by atoms with Gasteiger partial charge in [-0.2, -0.15) is 18.2 Å². The molecule has 0 aliphatic carbocycles. The van der Waals surface area contributed by atoms with Crippen molar-refractivity contribution in [1.29, 1.82) is 0 Å². The zero-order valence-corrected chi connectivity index (χ0v) is 15.9. The van der Waals surface area contributed by atoms with Crippen LogP contribution in [0.15, 0.2) is 24.3 Å². The lowest BCUT2D eigenvalue weighted by Crippen LogP contribution is -2.41. The van der Waals surface area contributed by atoms with Gasteiger partial charge in [0.25, 0.3) is 17.5 Å². The van der Waals surface area contributed by atoms with Crippen LogP contribution in [0, 0.1) is 13.8 Å². The lowest BCUT2D eigenvalue weighted by atomic mass is 10.1. The Bertz CT molecular complexity index is 1130. The van der Waals surface area contributed by atoms with Gasteiger partial charge in [-0.15, -0.1) is 5.10 Å². The summed E-state index contributed by atoms with van der Waals surface area (Å²) >= 11 is 0. The molecule has 0 saturated carbocycles. The molecule has 3 rings (SSSR count). The van der Waals surface area contributed by atoms with Crippen molar-refractivity contribution in [1.82, 2.24) is 30.4 Å². The van der Waals surface area contributed by atoms with E-state index < -0.39 is 23.8 Å². The molecule has 0 unspecified atom stereocenters. The van der Waals surface area contributed by atoms with E-state index in [-0.39, 0.29) is 29.9 Å². The number of nitrogens with one attached hydrogen (secondary N) is 2. The topological polar surface area (TPSA) is 122 Å². The highest BCUT2D eigenvalue weighted by Gasteiger charge is 2.37. The van der Waals surface area contributed by atoms with E-state index >= 15 is 0 Å². The van der Waals surface area contributed by atoms with E-state index in [0.29, 0.717) is 17.0 Å². The molecule has 2 aromatic heterocycles. The molecule has 0 aliphatic heterocycles. The summed E-state index contributed by atoms with van der Waals surface area (Å²) < 4.78 is 39.5. The summed E-state index contributed by atoms with van der Waals surface area (Å²) in [4.78, 5) is 31.5. The quantitative estimate of drug-likeness (QED) is 0.552. The summed E-state index contributed by atoms with van der Waals surface area (Å²) in [6.07, 6.45) is -4.61. The molecule has 0 saturated heterocycles. The normalized spacial score (nSPS) is 11.5. The largest absolute Gasteiger partial charge is 0.507 e. The van der Waals surface area contributed by atoms with Gasteiger partial charge in [0, 0.05) is 17.8 Å². The fourth-order valence-electron chi connectivity index (χ4n) is 2.85. The predicted octanol–water partition coefficient (Wildman–Crippen LogP) is 1.86. The second kappa shape index (κ2) is 7.97. The van der Waals surface area contributed by atoms with Crippen molar-refractivity contribution in [2.45, 2.75) is 32.9 Å². The van der Waals surface area contributed by atoms with Gasteiger partial charge in [0.1, 0.15) is 5.75 Å². The standard InChI is InChI=1S/C18H17F3N6O3/c1-9-11(10(2)27-17(22-9)23-16(26-27)18(19,20)21)7-8-14(29)24-25-15(30)12-5-3-4-6-13(12)28/h3-6,28H,7-8H2,1-2H3,(H,24,29)(H,25,30). The molecule has 158 valence electrons. The Labute approximate surface area is 167 Å². The van der Waals surface area contributed by atoms with Crippen LogP contribution in [0.1, 0.15) is 39.6 Å². The van der Waals surface area contributed by atoms with Gasteiger partial charge in [0.2, 0.25) is 5.91 Å². The second-order valence-electron chi connectivity index (χ2n) is 6.43. The maximum Gasteiger partial charge on any atom is 0.453 e. The SMILES string of the molecule is Cc1nc2nc(C(F)(F)F)nn2c(C)c1CCC(=O)NNC(=O)c1ccccc1O. The molecule has 30 heavy (non-hydrogen) atoms. The minimum atomic E-state index is -4.69. The van der Waals surface area contributed by atoms with Crippen LogP contribution in [-0.2, 0) is 17.4 Å². The average Bonchev–Trinajstić information content (AvgIpc) is 3.11. The second-order valence-corrected chi connectivity index (χ2v) is 6.43. The van der Waals surface area contributed by atoms with Gasteiger partial charge in [-0.25, -0.2) is 9.50 Å². The zero-order chi connectivity index (χ0) is 22.1. The number of aromatic hydroxyl groups is 1. The third kappa shape index (κ3) is 4.31. The molecule has 9 nitrogen and oxygen atoms in total. The van der Waals surface area contributed by atoms with Crippen LogP contribution in [-0.4, -0.2) is 36.5 Å². The number of amides is 2. The van der Waals surface area contributed by atoms with Gasteiger partial charge in [0.15, 0.2) is 0 Å². The lowest BCUT2D eigenvalue weighted by molar-refractivity contribution is -0.144. The Hall–Kier alpha value is -3.70. The fourth-order valence-corrected chi connectivity index (χ4v) is 2.85. The van der Waals surface area contributed by atoms with E-state index in [1.54, 1.807) is 26.0 Å². The van der Waals surface area contributed by atoms with Crippen LogP contribution in [0.4, 0.5) is 13.2 Å². The number of alkyl halides is 3. The highest BCUT2D eigenvalue weighted by molar-refractivity contribution is 5.97. The van der Waals surface area contributed by atoms with E-state index in [9.17, 15) is 27.9 Å². The molecule has 2 heterocycles. The number of halogens is 3. The monoisotopic (exact) mass is 422 g/mol. The van der Waals surface area contributed by atoms with Crippen molar-refractivity contribution in [2.24, 2.45) is 0 Å². The fraction of sp³-hybridized carbons (Fsp3) is 0.278. The number of hydrazine groups is 1. The Morgan fingerprint density at radius 3 is 2.50 bits per heavy atom. The number of carbonyl (C=O) groups is 2. The number of aryl methyl sites for hydroxylation is 2. The molecule has 0 fully saturated rings. The maximum atomic E-state index is 12.8. The summed E-state index contributed by atoms with van der Waals surface area (Å²) in [6, 6.07) is 5.82. The number of carbonyl (C=O) groups excluding carboxylic acids is 2. The number of fused-ring (bicyclic) bond motifs is 1. The maximum absolute atomic E-state index is 12.8. The van der Waals surface area contributed by atoms with Gasteiger partial charge in [-0.1, -0.05) is 12.1 Å². The third-order valence-electron chi connectivity index (χ3n) is 4.37. The number of para-hydroxylation sites is 1. The Kier molecular flexibility index (Phi) is 5.58. The number of rotatable bonds is 4. The van der Waals surface area contributed by atoms with Crippen LogP contribution in [0.3, 0.4) is 0 Å². The first-order chi connectivity index (χ1) is 14.1. The smallest absolute Gasteiger partial charge is 0.453 e. The van der Waals surface area contributed by atoms with Gasteiger partial charge in [0.05, 0.1) is 5.56 Å². The highest BCUT2D eigenvalue weighted by Crippen LogP contribution is 2.27. The first kappa shape index (κ1) is 21.0. The summed E-state index contributed by atoms with van der Waals surface area (Å²) in [5.41, 5.74) is 5.75. The van der Waals surface area contributed by atoms with Crippen molar-refractivity contribution < 1.29 is 27.9 Å². The predicted molar refractivity (Wildman–Crippen MR) is 97.3 cm³/mol. The number of phenols is 1. The number of hydrogen-bond acceptors (Lipinski definition) is 6. The molecule has 0 bridgehead atoms. The van der Waals surface area contributed by atoms with Crippen LogP contribution >= 0.6 is 0 Å². The Morgan fingerprint density at radius 2 is 1.83 bits per heavy atom.